The molecule has 1 aliphatic rings. The number of nitro benzene ring substituents is 1. The van der Waals surface area contributed by atoms with Crippen molar-refractivity contribution in [1.29, 1.82) is 0 Å². The van der Waals surface area contributed by atoms with Crippen molar-refractivity contribution in [2.45, 2.75) is 20.0 Å². The van der Waals surface area contributed by atoms with Crippen LogP contribution in [-0.2, 0) is 22.6 Å². The molecule has 0 aromatic heterocycles. The summed E-state index contributed by atoms with van der Waals surface area (Å²) in [6, 6.07) is 16.9. The summed E-state index contributed by atoms with van der Waals surface area (Å²) in [5, 5.41) is 13.4. The average Bonchev–Trinajstić information content (AvgIpc) is 2.86. The van der Waals surface area contributed by atoms with Gasteiger partial charge in [0.05, 0.1) is 15.6 Å². The first-order valence-corrected chi connectivity index (χ1v) is 11.3. The summed E-state index contributed by atoms with van der Waals surface area (Å²) in [5.41, 5.74) is 1.95. The fourth-order valence-corrected chi connectivity index (χ4v) is 3.96. The Morgan fingerprint density at radius 2 is 1.83 bits per heavy atom. The van der Waals surface area contributed by atoms with Gasteiger partial charge in [-0.3, -0.25) is 25.0 Å². The molecule has 0 unspecified atom stereocenters. The maximum Gasteiger partial charge on any atom is 0.335 e. The monoisotopic (exact) mass is 505 g/mol. The number of barbiturate groups is 1. The Morgan fingerprint density at radius 1 is 1.06 bits per heavy atom. The van der Waals surface area contributed by atoms with Gasteiger partial charge in [0.25, 0.3) is 17.5 Å². The molecule has 36 heavy (non-hydrogen) atoms. The topological polar surface area (TPSA) is 119 Å². The zero-order chi connectivity index (χ0) is 25.8. The number of hydrogen-bond acceptors (Lipinski definition) is 6. The lowest BCUT2D eigenvalue weighted by Crippen LogP contribution is -2.54. The lowest BCUT2D eigenvalue weighted by Gasteiger charge is -2.28. The van der Waals surface area contributed by atoms with Gasteiger partial charge >= 0.3 is 6.03 Å². The Balaban J connectivity index is 1.56. The number of carbonyl (C=O) groups is 3. The summed E-state index contributed by atoms with van der Waals surface area (Å²) < 4.78 is 5.68. The number of carbonyl (C=O) groups excluding carboxylic acids is 3. The molecule has 182 valence electrons. The molecular weight excluding hydrogens is 486 g/mol. The number of aryl methyl sites for hydroxylation is 1. The van der Waals surface area contributed by atoms with Crippen molar-refractivity contribution in [3.8, 4) is 5.75 Å². The fourth-order valence-electron chi connectivity index (χ4n) is 3.72. The van der Waals surface area contributed by atoms with Crippen molar-refractivity contribution in [1.82, 2.24) is 5.32 Å². The van der Waals surface area contributed by atoms with E-state index in [1.807, 2.05) is 13.0 Å². The van der Waals surface area contributed by atoms with Gasteiger partial charge in [-0.05, 0) is 47.4 Å². The summed E-state index contributed by atoms with van der Waals surface area (Å²) in [7, 11) is 0. The highest BCUT2D eigenvalue weighted by Crippen LogP contribution is 2.29. The lowest BCUT2D eigenvalue weighted by atomic mass is 10.0. The number of imide groups is 2. The van der Waals surface area contributed by atoms with Crippen LogP contribution in [0, 0.1) is 10.1 Å². The highest BCUT2D eigenvalue weighted by molar-refractivity contribution is 6.39. The molecule has 4 amide bonds. The second kappa shape index (κ2) is 10.4. The molecule has 9 nitrogen and oxygen atoms in total. The number of amides is 4. The minimum Gasteiger partial charge on any atom is -0.487 e. The fraction of sp³-hybridized carbons (Fsp3) is 0.115. The van der Waals surface area contributed by atoms with Crippen LogP contribution < -0.4 is 15.0 Å². The summed E-state index contributed by atoms with van der Waals surface area (Å²) in [6.07, 6.45) is 1.94. The van der Waals surface area contributed by atoms with E-state index in [4.69, 9.17) is 16.3 Å². The van der Waals surface area contributed by atoms with Crippen LogP contribution in [0.15, 0.2) is 72.3 Å². The average molecular weight is 506 g/mol. The van der Waals surface area contributed by atoms with Crippen molar-refractivity contribution < 1.29 is 24.0 Å². The van der Waals surface area contributed by atoms with E-state index in [1.54, 1.807) is 42.5 Å². The van der Waals surface area contributed by atoms with E-state index in [9.17, 15) is 24.5 Å². The standard InChI is InChI=1S/C26H20ClN3O6/c1-2-18-7-3-4-9-22(18)29-25(32)20(24(31)28-26(29)33)13-16-10-11-23(21(27)14-16)36-15-17-6-5-8-19(12-17)30(34)35/h3-14H,2,15H2,1H3,(H,28,31,33)/b20-13-. The number of rotatable bonds is 7. The molecule has 4 rings (SSSR count). The number of nitrogens with one attached hydrogen (secondary N) is 1. The van der Waals surface area contributed by atoms with Crippen molar-refractivity contribution >= 4 is 46.9 Å². The second-order valence-corrected chi connectivity index (χ2v) is 8.25. The minimum atomic E-state index is -0.814. The number of halogens is 1. The van der Waals surface area contributed by atoms with Gasteiger partial charge in [-0.15, -0.1) is 0 Å². The predicted molar refractivity (Wildman–Crippen MR) is 134 cm³/mol. The zero-order valence-corrected chi connectivity index (χ0v) is 19.8. The van der Waals surface area contributed by atoms with Gasteiger partial charge in [-0.2, -0.15) is 0 Å². The van der Waals surface area contributed by atoms with Crippen LogP contribution in [0.4, 0.5) is 16.2 Å². The largest absolute Gasteiger partial charge is 0.487 e. The first kappa shape index (κ1) is 24.6. The van der Waals surface area contributed by atoms with Gasteiger partial charge < -0.3 is 4.74 Å². The number of para-hydroxylation sites is 1. The summed E-state index contributed by atoms with van der Waals surface area (Å²) in [5.74, 6) is -1.23. The van der Waals surface area contributed by atoms with Crippen LogP contribution in [0.1, 0.15) is 23.6 Å². The normalized spacial score (nSPS) is 14.7. The predicted octanol–water partition coefficient (Wildman–Crippen LogP) is 5.06. The van der Waals surface area contributed by atoms with E-state index in [2.05, 4.69) is 5.32 Å². The van der Waals surface area contributed by atoms with Crippen molar-refractivity contribution in [3.05, 3.63) is 104 Å². The van der Waals surface area contributed by atoms with Gasteiger partial charge in [0.1, 0.15) is 17.9 Å². The van der Waals surface area contributed by atoms with E-state index in [0.717, 1.165) is 10.5 Å². The Morgan fingerprint density at radius 3 is 2.56 bits per heavy atom. The van der Waals surface area contributed by atoms with Crippen LogP contribution in [0.3, 0.4) is 0 Å². The highest BCUT2D eigenvalue weighted by atomic mass is 35.5. The SMILES string of the molecule is CCc1ccccc1N1C(=O)NC(=O)/C(=C/c2ccc(OCc3cccc([N+](=O)[O-])c3)c(Cl)c2)C1=O. The van der Waals surface area contributed by atoms with Crippen molar-refractivity contribution in [3.63, 3.8) is 0 Å². The van der Waals surface area contributed by atoms with E-state index >= 15 is 0 Å². The number of ether oxygens (including phenoxy) is 1. The summed E-state index contributed by atoms with van der Waals surface area (Å²) >= 11 is 6.34. The lowest BCUT2D eigenvalue weighted by molar-refractivity contribution is -0.384. The van der Waals surface area contributed by atoms with Crippen LogP contribution in [0.5, 0.6) is 5.75 Å². The Hall–Kier alpha value is -4.50. The van der Waals surface area contributed by atoms with Crippen molar-refractivity contribution in [2.75, 3.05) is 4.90 Å². The number of nitro groups is 1. The van der Waals surface area contributed by atoms with Crippen molar-refractivity contribution in [2.24, 2.45) is 0 Å². The molecule has 1 saturated heterocycles. The number of nitrogens with zero attached hydrogens (tertiary/aromatic N) is 2. The molecule has 1 fully saturated rings. The Labute approximate surface area is 211 Å². The molecule has 10 heteroatoms. The molecule has 0 bridgehead atoms. The number of hydrogen-bond donors (Lipinski definition) is 1. The molecule has 3 aromatic carbocycles. The van der Waals surface area contributed by atoms with Gasteiger partial charge in [0, 0.05) is 12.1 Å². The van der Waals surface area contributed by atoms with Crippen LogP contribution in [0.2, 0.25) is 5.02 Å². The molecule has 0 saturated carbocycles. The number of urea groups is 1. The molecule has 0 radical (unpaired) electrons. The molecule has 3 aromatic rings. The maximum atomic E-state index is 13.2. The highest BCUT2D eigenvalue weighted by Gasteiger charge is 2.37. The van der Waals surface area contributed by atoms with Crippen LogP contribution in [0.25, 0.3) is 6.08 Å². The van der Waals surface area contributed by atoms with Gasteiger partial charge in [-0.25, -0.2) is 9.69 Å². The van der Waals surface area contributed by atoms with E-state index in [-0.39, 0.29) is 22.9 Å². The van der Waals surface area contributed by atoms with Gasteiger partial charge in [0.15, 0.2) is 0 Å². The molecule has 0 atom stereocenters. The third kappa shape index (κ3) is 5.11. The van der Waals surface area contributed by atoms with E-state index in [0.29, 0.717) is 29.0 Å². The third-order valence-corrected chi connectivity index (χ3v) is 5.79. The van der Waals surface area contributed by atoms with E-state index < -0.39 is 22.8 Å². The quantitative estimate of drug-likeness (QED) is 0.207. The first-order valence-electron chi connectivity index (χ1n) is 10.9. The van der Waals surface area contributed by atoms with Gasteiger partial charge in [-0.1, -0.05) is 54.9 Å². The van der Waals surface area contributed by atoms with Crippen LogP contribution >= 0.6 is 11.6 Å². The van der Waals surface area contributed by atoms with Crippen LogP contribution in [-0.4, -0.2) is 22.8 Å². The van der Waals surface area contributed by atoms with Gasteiger partial charge in [0.2, 0.25) is 0 Å². The number of anilines is 1. The maximum absolute atomic E-state index is 13.2. The Bertz CT molecular complexity index is 1420. The Kier molecular flexibility index (Phi) is 7.12. The number of non-ortho nitro benzene ring substituents is 1. The molecule has 1 N–H and O–H groups in total. The first-order chi connectivity index (χ1) is 17.3. The summed E-state index contributed by atoms with van der Waals surface area (Å²) in [6.45, 7) is 1.95. The summed E-state index contributed by atoms with van der Waals surface area (Å²) in [4.78, 5) is 49.6. The number of benzene rings is 3. The molecular formula is C26H20ClN3O6. The minimum absolute atomic E-state index is 0.0475. The molecule has 1 heterocycles. The second-order valence-electron chi connectivity index (χ2n) is 7.85. The smallest absolute Gasteiger partial charge is 0.335 e. The molecule has 1 aliphatic heterocycles. The third-order valence-electron chi connectivity index (χ3n) is 5.50. The van der Waals surface area contributed by atoms with E-state index in [1.165, 1.54) is 24.3 Å². The zero-order valence-electron chi connectivity index (χ0n) is 19.1. The molecule has 0 spiro atoms. The molecule has 0 aliphatic carbocycles.